The lowest BCUT2D eigenvalue weighted by atomic mass is 10.1. The van der Waals surface area contributed by atoms with Gasteiger partial charge in [-0.15, -0.1) is 0 Å². The summed E-state index contributed by atoms with van der Waals surface area (Å²) in [6.45, 7) is 5.60. The maximum absolute atomic E-state index is 4.80. The van der Waals surface area contributed by atoms with E-state index in [2.05, 4.69) is 67.6 Å². The van der Waals surface area contributed by atoms with E-state index in [-0.39, 0.29) is 0 Å². The Hall–Kier alpha value is -2.50. The van der Waals surface area contributed by atoms with Crippen molar-refractivity contribution < 1.29 is 0 Å². The highest BCUT2D eigenvalue weighted by atomic mass is 15.5. The van der Waals surface area contributed by atoms with Crippen LogP contribution in [0.5, 0.6) is 0 Å². The van der Waals surface area contributed by atoms with Crippen molar-refractivity contribution in [3.63, 3.8) is 0 Å². The second-order valence-corrected chi connectivity index (χ2v) is 7.15. The molecule has 27 heavy (non-hydrogen) atoms. The minimum Gasteiger partial charge on any atom is -0.311 e. The number of hydrogen-bond acceptors (Lipinski definition) is 4. The molecule has 1 heterocycles. The van der Waals surface area contributed by atoms with Crippen LogP contribution in [-0.4, -0.2) is 47.1 Å². The molecular formula is C22H29N5. The number of nitrogens with zero attached hydrogens (tertiary/aromatic N) is 4. The first-order valence-electron chi connectivity index (χ1n) is 9.53. The van der Waals surface area contributed by atoms with E-state index in [1.807, 2.05) is 23.0 Å². The van der Waals surface area contributed by atoms with Crippen LogP contribution >= 0.6 is 0 Å². The maximum atomic E-state index is 4.80. The quantitative estimate of drug-likeness (QED) is 0.592. The highest BCUT2D eigenvalue weighted by molar-refractivity contribution is 5.60. The summed E-state index contributed by atoms with van der Waals surface area (Å²) in [6.07, 6.45) is 1.12. The Morgan fingerprint density at radius 3 is 2.44 bits per heavy atom. The SMILES string of the molecule is Cc1ccccc1Cn1nc(CNCCCN(C)C)c(-c2ccccc2)n1. The molecule has 1 aromatic heterocycles. The fourth-order valence-corrected chi connectivity index (χ4v) is 3.06. The molecule has 0 fully saturated rings. The molecule has 3 rings (SSSR count). The molecule has 0 aliphatic rings. The molecule has 0 atom stereocenters. The van der Waals surface area contributed by atoms with Crippen molar-refractivity contribution in [3.8, 4) is 11.3 Å². The van der Waals surface area contributed by atoms with Gasteiger partial charge in [0.15, 0.2) is 0 Å². The fourth-order valence-electron chi connectivity index (χ4n) is 3.06. The van der Waals surface area contributed by atoms with E-state index >= 15 is 0 Å². The molecule has 3 aromatic rings. The van der Waals surface area contributed by atoms with Crippen LogP contribution in [0.3, 0.4) is 0 Å². The molecule has 0 aliphatic heterocycles. The zero-order valence-electron chi connectivity index (χ0n) is 16.5. The predicted molar refractivity (Wildman–Crippen MR) is 111 cm³/mol. The van der Waals surface area contributed by atoms with E-state index in [1.54, 1.807) is 0 Å². The van der Waals surface area contributed by atoms with Gasteiger partial charge >= 0.3 is 0 Å². The number of aromatic nitrogens is 3. The van der Waals surface area contributed by atoms with Crippen LogP contribution in [0.15, 0.2) is 54.6 Å². The highest BCUT2D eigenvalue weighted by Crippen LogP contribution is 2.20. The van der Waals surface area contributed by atoms with Crippen molar-refractivity contribution in [2.75, 3.05) is 27.2 Å². The molecule has 0 saturated heterocycles. The van der Waals surface area contributed by atoms with Crippen molar-refractivity contribution in [3.05, 3.63) is 71.4 Å². The average Bonchev–Trinajstić information content (AvgIpc) is 3.06. The van der Waals surface area contributed by atoms with E-state index in [1.165, 1.54) is 11.1 Å². The molecular weight excluding hydrogens is 334 g/mol. The van der Waals surface area contributed by atoms with Crippen LogP contribution < -0.4 is 5.32 Å². The zero-order valence-corrected chi connectivity index (χ0v) is 16.5. The maximum Gasteiger partial charge on any atom is 0.117 e. The van der Waals surface area contributed by atoms with Crippen molar-refractivity contribution in [2.45, 2.75) is 26.4 Å². The third kappa shape index (κ3) is 5.49. The van der Waals surface area contributed by atoms with Gasteiger partial charge < -0.3 is 10.2 Å². The Labute approximate surface area is 162 Å². The van der Waals surface area contributed by atoms with E-state index in [0.29, 0.717) is 6.54 Å². The minimum absolute atomic E-state index is 0.688. The Balaban J connectivity index is 1.76. The molecule has 0 saturated carbocycles. The summed E-state index contributed by atoms with van der Waals surface area (Å²) in [5, 5.41) is 13.1. The predicted octanol–water partition coefficient (Wildman–Crippen LogP) is 3.34. The number of aryl methyl sites for hydroxylation is 1. The van der Waals surface area contributed by atoms with E-state index < -0.39 is 0 Å². The fraction of sp³-hybridized carbons (Fsp3) is 0.364. The van der Waals surface area contributed by atoms with Gasteiger partial charge in [-0.25, -0.2) is 0 Å². The first kappa shape index (κ1) is 19.3. The Morgan fingerprint density at radius 1 is 0.963 bits per heavy atom. The van der Waals surface area contributed by atoms with E-state index in [0.717, 1.165) is 43.0 Å². The van der Waals surface area contributed by atoms with E-state index in [9.17, 15) is 0 Å². The van der Waals surface area contributed by atoms with Gasteiger partial charge in [-0.2, -0.15) is 15.0 Å². The van der Waals surface area contributed by atoms with Crippen molar-refractivity contribution in [1.29, 1.82) is 0 Å². The lowest BCUT2D eigenvalue weighted by Crippen LogP contribution is -2.21. The standard InChI is InChI=1S/C22H29N5/c1-18-10-7-8-13-20(18)17-27-24-21(16-23-14-9-15-26(2)3)22(25-27)19-11-5-4-6-12-19/h4-8,10-13,23H,9,14-17H2,1-3H3. The van der Waals surface area contributed by atoms with Crippen LogP contribution in [0.2, 0.25) is 0 Å². The summed E-state index contributed by atoms with van der Waals surface area (Å²) in [5.74, 6) is 0. The number of rotatable bonds is 9. The lowest BCUT2D eigenvalue weighted by molar-refractivity contribution is 0.394. The minimum atomic E-state index is 0.688. The molecule has 0 radical (unpaired) electrons. The lowest BCUT2D eigenvalue weighted by Gasteiger charge is -2.09. The van der Waals surface area contributed by atoms with Crippen molar-refractivity contribution in [1.82, 2.24) is 25.2 Å². The second-order valence-electron chi connectivity index (χ2n) is 7.15. The normalized spacial score (nSPS) is 11.3. The number of benzene rings is 2. The Morgan fingerprint density at radius 2 is 1.70 bits per heavy atom. The van der Waals surface area contributed by atoms with Gasteiger partial charge in [0.25, 0.3) is 0 Å². The molecule has 2 aromatic carbocycles. The molecule has 142 valence electrons. The van der Waals surface area contributed by atoms with Crippen LogP contribution in [0.1, 0.15) is 23.2 Å². The van der Waals surface area contributed by atoms with Crippen LogP contribution in [0, 0.1) is 6.92 Å². The van der Waals surface area contributed by atoms with Gasteiger partial charge in [-0.05, 0) is 51.7 Å². The van der Waals surface area contributed by atoms with Gasteiger partial charge in [0.2, 0.25) is 0 Å². The van der Waals surface area contributed by atoms with Gasteiger partial charge in [0.05, 0.1) is 6.54 Å². The third-order valence-electron chi connectivity index (χ3n) is 4.60. The molecule has 0 bridgehead atoms. The van der Waals surface area contributed by atoms with Crippen LogP contribution in [0.25, 0.3) is 11.3 Å². The molecule has 5 nitrogen and oxygen atoms in total. The first-order chi connectivity index (χ1) is 13.1. The van der Waals surface area contributed by atoms with Gasteiger partial charge in [-0.3, -0.25) is 0 Å². The smallest absolute Gasteiger partial charge is 0.117 e. The number of hydrogen-bond donors (Lipinski definition) is 1. The summed E-state index contributed by atoms with van der Waals surface area (Å²) in [5.41, 5.74) is 5.58. The van der Waals surface area contributed by atoms with Gasteiger partial charge in [0.1, 0.15) is 11.4 Å². The monoisotopic (exact) mass is 363 g/mol. The Kier molecular flexibility index (Phi) is 6.74. The largest absolute Gasteiger partial charge is 0.311 e. The molecule has 0 spiro atoms. The van der Waals surface area contributed by atoms with Crippen molar-refractivity contribution in [2.24, 2.45) is 0 Å². The summed E-state index contributed by atoms with van der Waals surface area (Å²) < 4.78 is 0. The topological polar surface area (TPSA) is 46.0 Å². The molecule has 0 amide bonds. The second kappa shape index (κ2) is 9.44. The summed E-state index contributed by atoms with van der Waals surface area (Å²) in [6, 6.07) is 18.7. The molecule has 0 unspecified atom stereocenters. The third-order valence-corrected chi connectivity index (χ3v) is 4.60. The first-order valence-corrected chi connectivity index (χ1v) is 9.53. The van der Waals surface area contributed by atoms with E-state index in [4.69, 9.17) is 10.2 Å². The average molecular weight is 364 g/mol. The van der Waals surface area contributed by atoms with Crippen LogP contribution in [0.4, 0.5) is 0 Å². The van der Waals surface area contributed by atoms with Gasteiger partial charge in [0, 0.05) is 12.1 Å². The summed E-state index contributed by atoms with van der Waals surface area (Å²) in [4.78, 5) is 4.02. The molecule has 1 N–H and O–H groups in total. The number of nitrogens with one attached hydrogen (secondary N) is 1. The van der Waals surface area contributed by atoms with Crippen LogP contribution in [-0.2, 0) is 13.1 Å². The Bertz CT molecular complexity index is 839. The van der Waals surface area contributed by atoms with Gasteiger partial charge in [-0.1, -0.05) is 54.6 Å². The summed E-state index contributed by atoms with van der Waals surface area (Å²) >= 11 is 0. The zero-order chi connectivity index (χ0) is 19.1. The summed E-state index contributed by atoms with van der Waals surface area (Å²) in [7, 11) is 4.20. The highest BCUT2D eigenvalue weighted by Gasteiger charge is 2.13. The molecule has 5 heteroatoms. The molecule has 0 aliphatic carbocycles. The van der Waals surface area contributed by atoms with Crippen molar-refractivity contribution >= 4 is 0 Å².